The van der Waals surface area contributed by atoms with Crippen molar-refractivity contribution in [1.82, 2.24) is 25.7 Å². The average molecular weight is 347 g/mol. The van der Waals surface area contributed by atoms with Crippen LogP contribution in [0.25, 0.3) is 0 Å². The Morgan fingerprint density at radius 2 is 2.36 bits per heavy atom. The first-order valence-corrected chi connectivity index (χ1v) is 8.99. The molecule has 0 radical (unpaired) electrons. The van der Waals surface area contributed by atoms with Crippen LogP contribution >= 0.6 is 0 Å². The molecule has 1 fully saturated rings. The van der Waals surface area contributed by atoms with Crippen molar-refractivity contribution in [3.63, 3.8) is 0 Å². The van der Waals surface area contributed by atoms with E-state index >= 15 is 0 Å². The number of nitrogen functional groups attached to an aromatic ring is 1. The van der Waals surface area contributed by atoms with Gasteiger partial charge in [-0.2, -0.15) is 10.4 Å². The third-order valence-corrected chi connectivity index (χ3v) is 4.74. The number of aromatic nitrogens is 2. The predicted octanol–water partition coefficient (Wildman–Crippen LogP) is 1.22. The summed E-state index contributed by atoms with van der Waals surface area (Å²) in [6.07, 6.45) is 3.87. The van der Waals surface area contributed by atoms with E-state index in [1.807, 2.05) is 6.07 Å². The number of urea groups is 1. The normalized spacial score (nSPS) is 19.2. The van der Waals surface area contributed by atoms with Crippen molar-refractivity contribution in [2.75, 3.05) is 31.9 Å². The molecule has 0 saturated carbocycles. The Bertz CT molecular complexity index is 607. The molecule has 0 aromatic carbocycles. The topological polar surface area (TPSA) is 123 Å². The molecular formula is C17H29N7O. The van der Waals surface area contributed by atoms with Gasteiger partial charge in [0.15, 0.2) is 5.82 Å². The van der Waals surface area contributed by atoms with Gasteiger partial charge < -0.3 is 16.4 Å². The number of carbonyl (C=O) groups excluding carboxylic acids is 1. The number of hydrogen-bond acceptors (Lipinski definition) is 5. The molecule has 0 aliphatic carbocycles. The Morgan fingerprint density at radius 3 is 3.08 bits per heavy atom. The van der Waals surface area contributed by atoms with Gasteiger partial charge in [0.25, 0.3) is 0 Å². The second-order valence-electron chi connectivity index (χ2n) is 6.91. The Kier molecular flexibility index (Phi) is 7.07. The minimum atomic E-state index is -0.151. The standard InChI is InChI=1S/C17H29N7O/c1-12-5-4-8-24(11-12)13(2)10-21-17(25)20-7-3-6-15-14(9-18)16(19)23-22-15/h12-13H,3-8,10-11H2,1-2H3,(H3,19,22,23)(H2,20,21,25)/t12-,13+/m1/s1. The SMILES string of the molecule is C[C@@H]1CCCN([C@@H](C)CNC(=O)NCCCc2[nH]nc(N)c2C#N)C1. The van der Waals surface area contributed by atoms with Crippen molar-refractivity contribution < 1.29 is 4.79 Å². The van der Waals surface area contributed by atoms with Crippen LogP contribution in [0.3, 0.4) is 0 Å². The van der Waals surface area contributed by atoms with Crippen LogP contribution in [0.2, 0.25) is 0 Å². The first kappa shape index (κ1) is 19.1. The molecule has 1 aromatic rings. The molecule has 2 amide bonds. The summed E-state index contributed by atoms with van der Waals surface area (Å²) in [4.78, 5) is 14.3. The third kappa shape index (κ3) is 5.64. The van der Waals surface area contributed by atoms with E-state index in [2.05, 4.69) is 39.6 Å². The van der Waals surface area contributed by atoms with Gasteiger partial charge in [-0.3, -0.25) is 10.00 Å². The monoisotopic (exact) mass is 347 g/mol. The van der Waals surface area contributed by atoms with Crippen LogP contribution in [-0.4, -0.2) is 53.3 Å². The van der Waals surface area contributed by atoms with Crippen LogP contribution in [-0.2, 0) is 6.42 Å². The molecule has 1 aliphatic heterocycles. The van der Waals surface area contributed by atoms with Gasteiger partial charge in [-0.15, -0.1) is 0 Å². The van der Waals surface area contributed by atoms with Gasteiger partial charge in [-0.25, -0.2) is 4.79 Å². The number of likely N-dealkylation sites (tertiary alicyclic amines) is 1. The second kappa shape index (κ2) is 9.28. The van der Waals surface area contributed by atoms with Crippen molar-refractivity contribution in [2.24, 2.45) is 5.92 Å². The third-order valence-electron chi connectivity index (χ3n) is 4.74. The lowest BCUT2D eigenvalue weighted by molar-refractivity contribution is 0.137. The zero-order valence-electron chi connectivity index (χ0n) is 15.1. The fourth-order valence-corrected chi connectivity index (χ4v) is 3.22. The van der Waals surface area contributed by atoms with E-state index in [9.17, 15) is 4.79 Å². The quantitative estimate of drug-likeness (QED) is 0.552. The maximum Gasteiger partial charge on any atom is 0.314 e. The fourth-order valence-electron chi connectivity index (χ4n) is 3.22. The first-order valence-electron chi connectivity index (χ1n) is 8.99. The lowest BCUT2D eigenvalue weighted by Crippen LogP contribution is -2.48. The van der Waals surface area contributed by atoms with E-state index < -0.39 is 0 Å². The van der Waals surface area contributed by atoms with Gasteiger partial charge in [-0.1, -0.05) is 6.92 Å². The number of H-pyrrole nitrogens is 1. The summed E-state index contributed by atoms with van der Waals surface area (Å²) in [5.41, 5.74) is 6.71. The van der Waals surface area contributed by atoms with Gasteiger partial charge in [0, 0.05) is 25.7 Å². The van der Waals surface area contributed by atoms with Gasteiger partial charge in [0.2, 0.25) is 0 Å². The smallest absolute Gasteiger partial charge is 0.314 e. The Labute approximate surface area is 149 Å². The van der Waals surface area contributed by atoms with Crippen molar-refractivity contribution in [2.45, 2.75) is 45.6 Å². The highest BCUT2D eigenvalue weighted by atomic mass is 16.2. The van der Waals surface area contributed by atoms with Crippen LogP contribution < -0.4 is 16.4 Å². The number of aryl methyl sites for hydroxylation is 1. The zero-order valence-corrected chi connectivity index (χ0v) is 15.1. The van der Waals surface area contributed by atoms with Gasteiger partial charge in [0.05, 0.1) is 5.69 Å². The van der Waals surface area contributed by atoms with E-state index in [1.54, 1.807) is 0 Å². The number of nitrogens with one attached hydrogen (secondary N) is 3. The van der Waals surface area contributed by atoms with Crippen LogP contribution in [0.15, 0.2) is 0 Å². The lowest BCUT2D eigenvalue weighted by atomic mass is 9.99. The molecule has 1 saturated heterocycles. The predicted molar refractivity (Wildman–Crippen MR) is 96.9 cm³/mol. The molecular weight excluding hydrogens is 318 g/mol. The number of nitrogens with two attached hydrogens (primary N) is 1. The van der Waals surface area contributed by atoms with Crippen LogP contribution in [0, 0.1) is 17.2 Å². The largest absolute Gasteiger partial charge is 0.381 e. The number of rotatable bonds is 7. The molecule has 5 N–H and O–H groups in total. The Morgan fingerprint density at radius 1 is 1.56 bits per heavy atom. The molecule has 8 nitrogen and oxygen atoms in total. The average Bonchev–Trinajstić information content (AvgIpc) is 2.96. The van der Waals surface area contributed by atoms with Gasteiger partial charge in [0.1, 0.15) is 11.6 Å². The van der Waals surface area contributed by atoms with Crippen molar-refractivity contribution in [1.29, 1.82) is 5.26 Å². The first-order chi connectivity index (χ1) is 12.0. The number of hydrogen-bond donors (Lipinski definition) is 4. The number of carbonyl (C=O) groups is 1. The van der Waals surface area contributed by atoms with Crippen molar-refractivity contribution in [3.05, 3.63) is 11.3 Å². The molecule has 138 valence electrons. The van der Waals surface area contributed by atoms with Crippen LogP contribution in [0.1, 0.15) is 44.4 Å². The summed E-state index contributed by atoms with van der Waals surface area (Å²) < 4.78 is 0. The summed E-state index contributed by atoms with van der Waals surface area (Å²) in [6.45, 7) is 7.84. The molecule has 0 bridgehead atoms. The van der Waals surface area contributed by atoms with Gasteiger partial charge >= 0.3 is 6.03 Å². The summed E-state index contributed by atoms with van der Waals surface area (Å²) in [5, 5.41) is 21.4. The maximum atomic E-state index is 11.9. The number of nitrogens with zero attached hydrogens (tertiary/aromatic N) is 3. The number of aromatic amines is 1. The number of nitriles is 1. The number of amides is 2. The number of anilines is 1. The van der Waals surface area contributed by atoms with Crippen LogP contribution in [0.4, 0.5) is 10.6 Å². The minimum absolute atomic E-state index is 0.151. The molecule has 2 heterocycles. The minimum Gasteiger partial charge on any atom is -0.381 e. The second-order valence-corrected chi connectivity index (χ2v) is 6.91. The van der Waals surface area contributed by atoms with E-state index in [-0.39, 0.29) is 11.8 Å². The van der Waals surface area contributed by atoms with Crippen molar-refractivity contribution in [3.8, 4) is 6.07 Å². The van der Waals surface area contributed by atoms with E-state index in [4.69, 9.17) is 11.0 Å². The molecule has 25 heavy (non-hydrogen) atoms. The highest BCUT2D eigenvalue weighted by molar-refractivity contribution is 5.73. The molecule has 2 atom stereocenters. The fraction of sp³-hybridized carbons (Fsp3) is 0.706. The molecule has 0 unspecified atom stereocenters. The molecule has 8 heteroatoms. The molecule has 1 aliphatic rings. The van der Waals surface area contributed by atoms with E-state index in [1.165, 1.54) is 12.8 Å². The Balaban J connectivity index is 1.61. The van der Waals surface area contributed by atoms with Gasteiger partial charge in [-0.05, 0) is 45.1 Å². The number of piperidine rings is 1. The molecule has 2 rings (SSSR count). The van der Waals surface area contributed by atoms with E-state index in [0.717, 1.165) is 24.7 Å². The summed E-state index contributed by atoms with van der Waals surface area (Å²) in [5.74, 6) is 0.962. The van der Waals surface area contributed by atoms with E-state index in [0.29, 0.717) is 37.5 Å². The highest BCUT2D eigenvalue weighted by Crippen LogP contribution is 2.17. The highest BCUT2D eigenvalue weighted by Gasteiger charge is 2.21. The zero-order chi connectivity index (χ0) is 18.2. The van der Waals surface area contributed by atoms with Crippen LogP contribution in [0.5, 0.6) is 0 Å². The maximum absolute atomic E-state index is 11.9. The Hall–Kier alpha value is -2.27. The van der Waals surface area contributed by atoms with Crippen molar-refractivity contribution >= 4 is 11.8 Å². The summed E-state index contributed by atoms with van der Waals surface area (Å²) >= 11 is 0. The lowest BCUT2D eigenvalue weighted by Gasteiger charge is -2.35. The molecule has 0 spiro atoms. The molecule has 1 aromatic heterocycles. The summed E-state index contributed by atoms with van der Waals surface area (Å²) in [7, 11) is 0. The summed E-state index contributed by atoms with van der Waals surface area (Å²) in [6, 6.07) is 2.23.